The van der Waals surface area contributed by atoms with E-state index < -0.39 is 5.82 Å². The van der Waals surface area contributed by atoms with E-state index in [1.807, 2.05) is 6.92 Å². The molecule has 1 aliphatic carbocycles. The van der Waals surface area contributed by atoms with Gasteiger partial charge in [-0.3, -0.25) is 14.5 Å². The maximum Gasteiger partial charge on any atom is 0.259 e. The molecule has 1 aromatic carbocycles. The fraction of sp³-hybridized carbons (Fsp3) is 0.435. The quantitative estimate of drug-likeness (QED) is 0.679. The minimum absolute atomic E-state index is 0.0326. The van der Waals surface area contributed by atoms with Crippen LogP contribution in [0.2, 0.25) is 0 Å². The van der Waals surface area contributed by atoms with Crippen LogP contribution < -0.4 is 5.56 Å². The van der Waals surface area contributed by atoms with Gasteiger partial charge in [-0.25, -0.2) is 9.37 Å². The summed E-state index contributed by atoms with van der Waals surface area (Å²) in [5.74, 6) is 0.152. The number of nitrogens with one attached hydrogen (secondary N) is 1. The second kappa shape index (κ2) is 8.16. The van der Waals surface area contributed by atoms with Crippen LogP contribution in [0.5, 0.6) is 0 Å². The highest BCUT2D eigenvalue weighted by Gasteiger charge is 2.25. The van der Waals surface area contributed by atoms with E-state index >= 15 is 0 Å². The lowest BCUT2D eigenvalue weighted by molar-refractivity contribution is 0.0624. The van der Waals surface area contributed by atoms with Crippen molar-refractivity contribution in [1.29, 1.82) is 0 Å². The maximum atomic E-state index is 13.6. The molecule has 0 saturated carbocycles. The van der Waals surface area contributed by atoms with Crippen LogP contribution in [0.25, 0.3) is 10.2 Å². The number of carbonyl (C=O) groups is 1. The second-order valence-electron chi connectivity index (χ2n) is 8.43. The molecule has 2 aromatic heterocycles. The first kappa shape index (κ1) is 20.3. The van der Waals surface area contributed by atoms with Gasteiger partial charge in [0, 0.05) is 36.6 Å². The number of fused-ring (bicyclic) bond motifs is 3. The van der Waals surface area contributed by atoms with Crippen LogP contribution in [0.15, 0.2) is 23.0 Å². The molecule has 0 spiro atoms. The number of thiophene rings is 1. The molecule has 3 heterocycles. The number of hydrogen-bond acceptors (Lipinski definition) is 5. The highest BCUT2D eigenvalue weighted by atomic mass is 32.1. The van der Waals surface area contributed by atoms with E-state index in [1.165, 1.54) is 29.0 Å². The molecule has 162 valence electrons. The average molecular weight is 441 g/mol. The molecular weight excluding hydrogens is 415 g/mol. The Hall–Kier alpha value is -2.58. The summed E-state index contributed by atoms with van der Waals surface area (Å²) in [6, 6.07) is 4.33. The lowest BCUT2D eigenvalue weighted by Crippen LogP contribution is -2.48. The van der Waals surface area contributed by atoms with Gasteiger partial charge in [-0.1, -0.05) is 6.07 Å². The monoisotopic (exact) mass is 440 g/mol. The van der Waals surface area contributed by atoms with Gasteiger partial charge in [-0.15, -0.1) is 11.3 Å². The Morgan fingerprint density at radius 2 is 1.97 bits per heavy atom. The van der Waals surface area contributed by atoms with Gasteiger partial charge in [0.2, 0.25) is 0 Å². The molecule has 0 bridgehead atoms. The molecule has 0 atom stereocenters. The fourth-order valence-corrected chi connectivity index (χ4v) is 5.88. The second-order valence-corrected chi connectivity index (χ2v) is 9.51. The largest absolute Gasteiger partial charge is 0.336 e. The fourth-order valence-electron chi connectivity index (χ4n) is 4.60. The lowest BCUT2D eigenvalue weighted by atomic mass is 9.97. The van der Waals surface area contributed by atoms with Gasteiger partial charge in [-0.2, -0.15) is 0 Å². The van der Waals surface area contributed by atoms with Gasteiger partial charge >= 0.3 is 0 Å². The standard InChI is InChI=1S/C23H25FN4O2S/c1-14-6-7-15(24)12-17(14)23(30)28-10-8-27(9-11-28)13-19-25-21(29)20-16-4-2-3-5-18(16)31-22(20)26-19/h6-7,12H,2-5,8-11,13H2,1H3,(H,25,26,29). The zero-order chi connectivity index (χ0) is 21.5. The third-order valence-corrected chi connectivity index (χ3v) is 7.52. The average Bonchev–Trinajstić information content (AvgIpc) is 3.14. The predicted molar refractivity (Wildman–Crippen MR) is 119 cm³/mol. The molecule has 31 heavy (non-hydrogen) atoms. The molecule has 2 aliphatic rings. The van der Waals surface area contributed by atoms with Crippen LogP contribution in [0.3, 0.4) is 0 Å². The van der Waals surface area contributed by atoms with Gasteiger partial charge in [-0.05, 0) is 55.9 Å². The summed E-state index contributed by atoms with van der Waals surface area (Å²) in [7, 11) is 0. The zero-order valence-corrected chi connectivity index (χ0v) is 18.4. The van der Waals surface area contributed by atoms with E-state index in [-0.39, 0.29) is 11.5 Å². The Labute approximate surface area is 183 Å². The number of aryl methyl sites for hydroxylation is 3. The minimum atomic E-state index is -0.395. The van der Waals surface area contributed by atoms with Gasteiger partial charge in [0.15, 0.2) is 0 Å². The van der Waals surface area contributed by atoms with Crippen LogP contribution in [-0.4, -0.2) is 51.9 Å². The Bertz CT molecular complexity index is 1210. The van der Waals surface area contributed by atoms with Crippen LogP contribution in [0.1, 0.15) is 45.0 Å². The number of piperazine rings is 1. The normalized spacial score (nSPS) is 17.2. The van der Waals surface area contributed by atoms with Gasteiger partial charge in [0.05, 0.1) is 11.9 Å². The highest BCUT2D eigenvalue weighted by Crippen LogP contribution is 2.33. The van der Waals surface area contributed by atoms with E-state index in [1.54, 1.807) is 22.3 Å². The number of amides is 1. The third-order valence-electron chi connectivity index (χ3n) is 6.34. The molecule has 1 fully saturated rings. The number of carbonyl (C=O) groups excluding carboxylic acids is 1. The first-order chi connectivity index (χ1) is 15.0. The van der Waals surface area contributed by atoms with Crippen molar-refractivity contribution >= 4 is 27.5 Å². The van der Waals surface area contributed by atoms with Crippen molar-refractivity contribution < 1.29 is 9.18 Å². The number of aromatic amines is 1. The molecule has 1 N–H and O–H groups in total. The van der Waals surface area contributed by atoms with Crippen LogP contribution in [0, 0.1) is 12.7 Å². The number of halogens is 1. The summed E-state index contributed by atoms with van der Waals surface area (Å²) >= 11 is 1.66. The van der Waals surface area contributed by atoms with Crippen molar-refractivity contribution in [3.05, 3.63) is 61.8 Å². The Kier molecular flexibility index (Phi) is 5.35. The Balaban J connectivity index is 1.27. The maximum absolute atomic E-state index is 13.6. The van der Waals surface area contributed by atoms with Gasteiger partial charge < -0.3 is 9.88 Å². The van der Waals surface area contributed by atoms with Crippen LogP contribution in [0.4, 0.5) is 4.39 Å². The van der Waals surface area contributed by atoms with Crippen molar-refractivity contribution in [2.75, 3.05) is 26.2 Å². The molecule has 6 nitrogen and oxygen atoms in total. The number of benzene rings is 1. The minimum Gasteiger partial charge on any atom is -0.336 e. The molecule has 0 radical (unpaired) electrons. The molecule has 5 rings (SSSR count). The van der Waals surface area contributed by atoms with Crippen molar-refractivity contribution in [2.45, 2.75) is 39.2 Å². The number of H-pyrrole nitrogens is 1. The molecular formula is C23H25FN4O2S. The van der Waals surface area contributed by atoms with E-state index in [9.17, 15) is 14.0 Å². The van der Waals surface area contributed by atoms with Crippen molar-refractivity contribution in [3.63, 3.8) is 0 Å². The molecule has 1 saturated heterocycles. The summed E-state index contributed by atoms with van der Waals surface area (Å²) in [6.45, 7) is 4.87. The first-order valence-corrected chi connectivity index (χ1v) is 11.6. The number of rotatable bonds is 3. The third kappa shape index (κ3) is 3.90. The molecule has 3 aromatic rings. The number of aromatic nitrogens is 2. The van der Waals surface area contributed by atoms with E-state index in [4.69, 9.17) is 4.98 Å². The molecule has 1 aliphatic heterocycles. The van der Waals surface area contributed by atoms with Crippen molar-refractivity contribution in [3.8, 4) is 0 Å². The van der Waals surface area contributed by atoms with E-state index in [0.717, 1.165) is 35.0 Å². The SMILES string of the molecule is Cc1ccc(F)cc1C(=O)N1CCN(Cc2nc3sc4c(c3c(=O)[nH]2)CCCC4)CC1. The van der Waals surface area contributed by atoms with Gasteiger partial charge in [0.1, 0.15) is 16.5 Å². The van der Waals surface area contributed by atoms with Crippen molar-refractivity contribution in [1.82, 2.24) is 19.8 Å². The molecule has 0 unspecified atom stereocenters. The summed E-state index contributed by atoms with van der Waals surface area (Å²) in [5.41, 5.74) is 2.37. The predicted octanol–water partition coefficient (Wildman–Crippen LogP) is 3.27. The zero-order valence-electron chi connectivity index (χ0n) is 17.5. The summed E-state index contributed by atoms with van der Waals surface area (Å²) in [5, 5.41) is 0.782. The molecule has 8 heteroatoms. The van der Waals surface area contributed by atoms with Gasteiger partial charge in [0.25, 0.3) is 11.5 Å². The molecule has 1 amide bonds. The number of nitrogens with zero attached hydrogens (tertiary/aromatic N) is 3. The summed E-state index contributed by atoms with van der Waals surface area (Å²) in [4.78, 5) is 39.4. The van der Waals surface area contributed by atoms with Crippen molar-refractivity contribution in [2.24, 2.45) is 0 Å². The topological polar surface area (TPSA) is 69.3 Å². The van der Waals surface area contributed by atoms with E-state index in [2.05, 4.69) is 9.88 Å². The summed E-state index contributed by atoms with van der Waals surface area (Å²) < 4.78 is 13.6. The van der Waals surface area contributed by atoms with E-state index in [0.29, 0.717) is 44.1 Å². The smallest absolute Gasteiger partial charge is 0.259 e. The summed E-state index contributed by atoms with van der Waals surface area (Å²) in [6.07, 6.45) is 4.34. The van der Waals surface area contributed by atoms with Crippen LogP contribution >= 0.6 is 11.3 Å². The highest BCUT2D eigenvalue weighted by molar-refractivity contribution is 7.18. The first-order valence-electron chi connectivity index (χ1n) is 10.8. The Morgan fingerprint density at radius 3 is 2.77 bits per heavy atom. The Morgan fingerprint density at radius 1 is 1.19 bits per heavy atom. The lowest BCUT2D eigenvalue weighted by Gasteiger charge is -2.34. The van der Waals surface area contributed by atoms with Crippen LogP contribution in [-0.2, 0) is 19.4 Å². The number of hydrogen-bond donors (Lipinski definition) is 1.